The molecule has 0 spiro atoms. The normalized spacial score (nSPS) is 43.2. The van der Waals surface area contributed by atoms with Gasteiger partial charge in [-0.1, -0.05) is 45.4 Å². The molecule has 1 amide bonds. The Morgan fingerprint density at radius 2 is 1.60 bits per heavy atom. The van der Waals surface area contributed by atoms with Gasteiger partial charge in [0.15, 0.2) is 0 Å². The SMILES string of the molecule is CCC1/C=C(/C)CC(C)CC(O)C(O)C2CC(C)C(O)(O2)C(=O)C(=O)N2CCCCC2C(=O)OC(/C(C)=C/C2CCC(O)C(O)C2)C(C)C(O)CC1=O. The highest BCUT2D eigenvalue weighted by Crippen LogP contribution is 2.39. The molecule has 0 aromatic heterocycles. The summed E-state index contributed by atoms with van der Waals surface area (Å²) in [5.41, 5.74) is 1.48. The number of esters is 1. The van der Waals surface area contributed by atoms with Crippen molar-refractivity contribution in [3.63, 3.8) is 0 Å². The van der Waals surface area contributed by atoms with E-state index >= 15 is 0 Å². The highest BCUT2D eigenvalue weighted by molar-refractivity contribution is 6.39. The second kappa shape index (κ2) is 18.4. The smallest absolute Gasteiger partial charge is 0.329 e. The second-order valence-electron chi connectivity index (χ2n) is 16.5. The number of carbonyl (C=O) groups excluding carboxylic acids is 4. The number of aliphatic hydroxyl groups excluding tert-OH is 5. The number of cyclic esters (lactones) is 1. The molecule has 2 bridgehead atoms. The lowest BCUT2D eigenvalue weighted by Crippen LogP contribution is -2.57. The number of hydrogen-bond acceptors (Lipinski definition) is 12. The van der Waals surface area contributed by atoms with Crippen LogP contribution in [0.4, 0.5) is 0 Å². The molecule has 3 heterocycles. The summed E-state index contributed by atoms with van der Waals surface area (Å²) in [6.45, 7) is 10.7. The minimum atomic E-state index is -2.59. The van der Waals surface area contributed by atoms with Crippen molar-refractivity contribution < 1.29 is 59.3 Å². The average Bonchev–Trinajstić information content (AvgIpc) is 3.43. The minimum Gasteiger partial charge on any atom is -0.456 e. The van der Waals surface area contributed by atoms with E-state index in [0.29, 0.717) is 50.5 Å². The number of ether oxygens (including phenoxy) is 2. The number of Topliss-reactive ketones (excluding diaryl/α,β-unsaturated/α-hetero) is 2. The first-order valence-electron chi connectivity index (χ1n) is 19.6. The molecule has 2 saturated heterocycles. The number of nitrogens with zero attached hydrogens (tertiary/aromatic N) is 1. The van der Waals surface area contributed by atoms with Gasteiger partial charge in [0.1, 0.15) is 24.0 Å². The zero-order valence-electron chi connectivity index (χ0n) is 32.2. The number of ketones is 2. The summed E-state index contributed by atoms with van der Waals surface area (Å²) < 4.78 is 11.9. The summed E-state index contributed by atoms with van der Waals surface area (Å²) >= 11 is 0. The molecule has 300 valence electrons. The van der Waals surface area contributed by atoms with Crippen molar-refractivity contribution in [3.05, 3.63) is 23.3 Å². The van der Waals surface area contributed by atoms with Gasteiger partial charge < -0.3 is 45.0 Å². The second-order valence-corrected chi connectivity index (χ2v) is 16.5. The molecule has 1 aliphatic carbocycles. The molecular formula is C40H63NO12. The quantitative estimate of drug-likeness (QED) is 0.140. The number of fused-ring (bicyclic) bond motifs is 3. The molecule has 1 saturated carbocycles. The van der Waals surface area contributed by atoms with Crippen LogP contribution in [0.3, 0.4) is 0 Å². The number of allylic oxidation sites excluding steroid dienone is 3. The van der Waals surface area contributed by atoms with Crippen LogP contribution < -0.4 is 0 Å². The van der Waals surface area contributed by atoms with E-state index in [-0.39, 0.29) is 49.8 Å². The molecule has 3 aliphatic heterocycles. The van der Waals surface area contributed by atoms with Crippen LogP contribution in [-0.4, -0.2) is 120 Å². The Morgan fingerprint density at radius 1 is 0.906 bits per heavy atom. The molecule has 4 rings (SSSR count). The number of piperidine rings is 1. The van der Waals surface area contributed by atoms with E-state index in [1.54, 1.807) is 13.8 Å². The molecule has 13 heteroatoms. The van der Waals surface area contributed by atoms with Crippen molar-refractivity contribution in [1.82, 2.24) is 4.90 Å². The number of aliphatic hydroxyl groups is 6. The Labute approximate surface area is 313 Å². The lowest BCUT2D eigenvalue weighted by Gasteiger charge is -2.37. The monoisotopic (exact) mass is 749 g/mol. The first kappa shape index (κ1) is 43.2. The molecule has 3 fully saturated rings. The maximum Gasteiger partial charge on any atom is 0.329 e. The maximum absolute atomic E-state index is 14.1. The van der Waals surface area contributed by atoms with Gasteiger partial charge in [0.25, 0.3) is 11.7 Å². The summed E-state index contributed by atoms with van der Waals surface area (Å²) in [5.74, 6) is -8.42. The third kappa shape index (κ3) is 10.2. The summed E-state index contributed by atoms with van der Waals surface area (Å²) in [7, 11) is 0. The van der Waals surface area contributed by atoms with Crippen molar-refractivity contribution in [3.8, 4) is 0 Å². The topological polar surface area (TPSA) is 211 Å². The van der Waals surface area contributed by atoms with Crippen LogP contribution in [0.2, 0.25) is 0 Å². The maximum atomic E-state index is 14.1. The molecule has 14 unspecified atom stereocenters. The van der Waals surface area contributed by atoms with Crippen LogP contribution in [0.1, 0.15) is 112 Å². The molecule has 53 heavy (non-hydrogen) atoms. The molecule has 6 N–H and O–H groups in total. The lowest BCUT2D eigenvalue weighted by atomic mass is 9.82. The van der Waals surface area contributed by atoms with E-state index in [1.165, 1.54) is 6.92 Å². The van der Waals surface area contributed by atoms with Gasteiger partial charge in [0, 0.05) is 30.7 Å². The van der Waals surface area contributed by atoms with E-state index in [1.807, 2.05) is 32.9 Å². The minimum absolute atomic E-state index is 0.00267. The van der Waals surface area contributed by atoms with Gasteiger partial charge in [0.05, 0.1) is 30.5 Å². The van der Waals surface area contributed by atoms with Crippen LogP contribution in [0, 0.1) is 29.6 Å². The highest BCUT2D eigenvalue weighted by Gasteiger charge is 2.57. The van der Waals surface area contributed by atoms with Crippen molar-refractivity contribution in [2.45, 2.75) is 167 Å². The van der Waals surface area contributed by atoms with Gasteiger partial charge in [-0.05, 0) is 95.5 Å². The Kier molecular flexibility index (Phi) is 15.0. The van der Waals surface area contributed by atoms with Crippen LogP contribution >= 0.6 is 0 Å². The number of amides is 1. The van der Waals surface area contributed by atoms with Crippen LogP contribution in [0.5, 0.6) is 0 Å². The molecule has 0 radical (unpaired) electrons. The number of carbonyl (C=O) groups is 4. The van der Waals surface area contributed by atoms with Crippen LogP contribution in [0.15, 0.2) is 23.3 Å². The summed E-state index contributed by atoms with van der Waals surface area (Å²) in [6, 6.07) is -1.19. The Balaban J connectivity index is 1.71. The van der Waals surface area contributed by atoms with Crippen LogP contribution in [0.25, 0.3) is 0 Å². The largest absolute Gasteiger partial charge is 0.456 e. The van der Waals surface area contributed by atoms with Gasteiger partial charge in [-0.15, -0.1) is 0 Å². The zero-order chi connectivity index (χ0) is 39.4. The van der Waals surface area contributed by atoms with E-state index in [2.05, 4.69) is 0 Å². The molecule has 0 aromatic rings. The third-order valence-corrected chi connectivity index (χ3v) is 12.1. The molecule has 4 aliphatic rings. The van der Waals surface area contributed by atoms with Crippen molar-refractivity contribution in [2.24, 2.45) is 29.6 Å². The summed E-state index contributed by atoms with van der Waals surface area (Å²) in [6.07, 6.45) is -0.647. The van der Waals surface area contributed by atoms with E-state index in [9.17, 15) is 49.8 Å². The van der Waals surface area contributed by atoms with E-state index in [0.717, 1.165) is 10.5 Å². The molecule has 0 aromatic carbocycles. The molecule has 13 nitrogen and oxygen atoms in total. The fourth-order valence-corrected chi connectivity index (χ4v) is 8.72. The summed E-state index contributed by atoms with van der Waals surface area (Å²) in [5, 5.41) is 65.4. The van der Waals surface area contributed by atoms with Gasteiger partial charge in [-0.2, -0.15) is 0 Å². The van der Waals surface area contributed by atoms with Crippen molar-refractivity contribution >= 4 is 23.4 Å². The predicted molar refractivity (Wildman–Crippen MR) is 194 cm³/mol. The third-order valence-electron chi connectivity index (χ3n) is 12.1. The first-order chi connectivity index (χ1) is 24.9. The van der Waals surface area contributed by atoms with Crippen molar-refractivity contribution in [1.29, 1.82) is 0 Å². The standard InChI is InChI=1S/C40H63NO12/c1-7-27-15-21(2)14-22(3)16-33(46)35(47)34-18-24(5)40(51,53-34)37(48)38(49)41-13-9-8-10-28(41)39(50)52-36(25(6)30(43)20-31(27)44)23(4)17-26-11-12-29(42)32(45)19-26/h15,17,22,24-30,32-36,42-43,45-47,51H,7-14,16,18-20H2,1-6H3/b21-15-,23-17+. The zero-order valence-corrected chi connectivity index (χ0v) is 32.2. The van der Waals surface area contributed by atoms with Gasteiger partial charge in [-0.3, -0.25) is 14.4 Å². The van der Waals surface area contributed by atoms with Gasteiger partial charge >= 0.3 is 5.97 Å². The van der Waals surface area contributed by atoms with E-state index < -0.39 is 90.0 Å². The fraction of sp³-hybridized carbons (Fsp3) is 0.800. The molecule has 14 atom stereocenters. The van der Waals surface area contributed by atoms with E-state index in [4.69, 9.17) is 9.47 Å². The highest BCUT2D eigenvalue weighted by atomic mass is 16.6. The Morgan fingerprint density at radius 3 is 2.26 bits per heavy atom. The van der Waals surface area contributed by atoms with Crippen LogP contribution in [-0.2, 0) is 28.7 Å². The first-order valence-corrected chi connectivity index (χ1v) is 19.6. The lowest BCUT2D eigenvalue weighted by molar-refractivity contribution is -0.224. The average molecular weight is 750 g/mol. The number of hydrogen-bond donors (Lipinski definition) is 6. The Bertz CT molecular complexity index is 1380. The van der Waals surface area contributed by atoms with Gasteiger partial charge in [-0.25, -0.2) is 4.79 Å². The number of rotatable bonds is 3. The van der Waals surface area contributed by atoms with Crippen molar-refractivity contribution in [2.75, 3.05) is 6.54 Å². The Hall–Kier alpha value is -2.52. The molecular weight excluding hydrogens is 686 g/mol. The van der Waals surface area contributed by atoms with Gasteiger partial charge in [0.2, 0.25) is 5.79 Å². The fourth-order valence-electron chi connectivity index (χ4n) is 8.72. The summed E-state index contributed by atoms with van der Waals surface area (Å²) in [4.78, 5) is 56.4. The predicted octanol–water partition coefficient (Wildman–Crippen LogP) is 2.51.